The summed E-state index contributed by atoms with van der Waals surface area (Å²) in [6.07, 6.45) is 28.5. The third-order valence-corrected chi connectivity index (χ3v) is 6.31. The van der Waals surface area contributed by atoms with Crippen LogP contribution in [0.5, 0.6) is 0 Å². The van der Waals surface area contributed by atoms with Gasteiger partial charge in [-0.1, -0.05) is 136 Å². The average Bonchev–Trinajstić information content (AvgIpc) is 2.74. The average molecular weight is 407 g/mol. The standard InChI is InChI=1S/C27H54N2/c1-4-7-9-11-13-15-16-18-20-22-24-27(29-26(6-3)25-28)23-21-19-17-14-12-10-8-5-2/h26-27,29H,4-24H2,1-3H3. The first kappa shape index (κ1) is 28.5. The lowest BCUT2D eigenvalue weighted by atomic mass is 9.98. The molecule has 0 amide bonds. The van der Waals surface area contributed by atoms with Crippen LogP contribution < -0.4 is 5.32 Å². The molecule has 0 saturated carbocycles. The van der Waals surface area contributed by atoms with E-state index in [1.807, 2.05) is 0 Å². The number of hydrogen-bond acceptors (Lipinski definition) is 2. The van der Waals surface area contributed by atoms with E-state index >= 15 is 0 Å². The highest BCUT2D eigenvalue weighted by molar-refractivity contribution is 4.90. The number of unbranched alkanes of at least 4 members (excludes halogenated alkanes) is 16. The van der Waals surface area contributed by atoms with Crippen LogP contribution in [0.15, 0.2) is 0 Å². The van der Waals surface area contributed by atoms with Crippen LogP contribution in [0, 0.1) is 11.3 Å². The lowest BCUT2D eigenvalue weighted by Gasteiger charge is -2.21. The Bertz CT molecular complexity index is 347. The maximum atomic E-state index is 9.32. The van der Waals surface area contributed by atoms with Crippen molar-refractivity contribution in [2.75, 3.05) is 0 Å². The minimum atomic E-state index is 0.0390. The van der Waals surface area contributed by atoms with Crippen molar-refractivity contribution in [3.05, 3.63) is 0 Å². The molecular weight excluding hydrogens is 352 g/mol. The van der Waals surface area contributed by atoms with Crippen molar-refractivity contribution >= 4 is 0 Å². The van der Waals surface area contributed by atoms with E-state index in [1.54, 1.807) is 0 Å². The van der Waals surface area contributed by atoms with Crippen LogP contribution in [0.25, 0.3) is 0 Å². The molecule has 2 heteroatoms. The maximum absolute atomic E-state index is 9.32. The van der Waals surface area contributed by atoms with Gasteiger partial charge in [0, 0.05) is 6.04 Å². The number of hydrogen-bond donors (Lipinski definition) is 1. The summed E-state index contributed by atoms with van der Waals surface area (Å²) in [5, 5.41) is 13.0. The molecule has 0 aromatic heterocycles. The lowest BCUT2D eigenvalue weighted by Crippen LogP contribution is -2.37. The number of rotatable bonds is 23. The Morgan fingerprint density at radius 2 is 0.897 bits per heavy atom. The van der Waals surface area contributed by atoms with Crippen molar-refractivity contribution in [2.24, 2.45) is 0 Å². The van der Waals surface area contributed by atoms with Crippen molar-refractivity contribution in [1.82, 2.24) is 5.32 Å². The highest BCUT2D eigenvalue weighted by Crippen LogP contribution is 2.16. The van der Waals surface area contributed by atoms with Gasteiger partial charge in [0.25, 0.3) is 0 Å². The molecule has 2 unspecified atom stereocenters. The Hall–Kier alpha value is -0.550. The normalized spacial score (nSPS) is 13.3. The molecule has 0 saturated heterocycles. The zero-order valence-corrected chi connectivity index (χ0v) is 20.5. The van der Waals surface area contributed by atoms with Crippen LogP contribution in [0.2, 0.25) is 0 Å². The van der Waals surface area contributed by atoms with Gasteiger partial charge in [0.2, 0.25) is 0 Å². The molecule has 0 spiro atoms. The summed E-state index contributed by atoms with van der Waals surface area (Å²) < 4.78 is 0. The number of nitrogens with zero attached hydrogens (tertiary/aromatic N) is 1. The highest BCUT2D eigenvalue weighted by atomic mass is 14.9. The van der Waals surface area contributed by atoms with Gasteiger partial charge in [-0.15, -0.1) is 0 Å². The molecule has 0 aliphatic heterocycles. The molecule has 2 atom stereocenters. The van der Waals surface area contributed by atoms with Crippen molar-refractivity contribution in [3.63, 3.8) is 0 Å². The fraction of sp³-hybridized carbons (Fsp3) is 0.963. The van der Waals surface area contributed by atoms with Gasteiger partial charge in [-0.3, -0.25) is 5.32 Å². The van der Waals surface area contributed by atoms with E-state index in [1.165, 1.54) is 128 Å². The summed E-state index contributed by atoms with van der Waals surface area (Å²) in [7, 11) is 0. The van der Waals surface area contributed by atoms with Crippen molar-refractivity contribution in [3.8, 4) is 6.07 Å². The van der Waals surface area contributed by atoms with Crippen LogP contribution in [-0.4, -0.2) is 12.1 Å². The van der Waals surface area contributed by atoms with Gasteiger partial charge in [-0.05, 0) is 19.3 Å². The topological polar surface area (TPSA) is 35.8 Å². The summed E-state index contributed by atoms with van der Waals surface area (Å²) in [5.74, 6) is 0. The molecular formula is C27H54N2. The van der Waals surface area contributed by atoms with E-state index in [2.05, 4.69) is 32.2 Å². The Labute approximate surface area is 184 Å². The first-order valence-corrected chi connectivity index (χ1v) is 13.4. The Balaban J connectivity index is 3.82. The van der Waals surface area contributed by atoms with Gasteiger partial charge >= 0.3 is 0 Å². The molecule has 172 valence electrons. The predicted molar refractivity (Wildman–Crippen MR) is 130 cm³/mol. The van der Waals surface area contributed by atoms with E-state index in [0.717, 1.165) is 6.42 Å². The van der Waals surface area contributed by atoms with Crippen LogP contribution in [0.1, 0.15) is 156 Å². The van der Waals surface area contributed by atoms with Gasteiger partial charge in [0.05, 0.1) is 12.1 Å². The molecule has 0 bridgehead atoms. The quantitative estimate of drug-likeness (QED) is 0.172. The third kappa shape index (κ3) is 20.5. The molecule has 0 rings (SSSR count). The Morgan fingerprint density at radius 1 is 0.552 bits per heavy atom. The maximum Gasteiger partial charge on any atom is 0.0952 e. The largest absolute Gasteiger partial charge is 0.299 e. The molecule has 0 aliphatic rings. The molecule has 0 radical (unpaired) electrons. The van der Waals surface area contributed by atoms with Gasteiger partial charge in [0.1, 0.15) is 0 Å². The second-order valence-corrected chi connectivity index (χ2v) is 9.19. The first-order valence-electron chi connectivity index (χ1n) is 13.4. The predicted octanol–water partition coefficient (Wildman–Crippen LogP) is 9.09. The van der Waals surface area contributed by atoms with E-state index in [4.69, 9.17) is 0 Å². The van der Waals surface area contributed by atoms with Crippen molar-refractivity contribution in [1.29, 1.82) is 5.26 Å². The van der Waals surface area contributed by atoms with Gasteiger partial charge in [0.15, 0.2) is 0 Å². The molecule has 0 aromatic carbocycles. The zero-order valence-electron chi connectivity index (χ0n) is 20.5. The highest BCUT2D eigenvalue weighted by Gasteiger charge is 2.13. The minimum absolute atomic E-state index is 0.0390. The first-order chi connectivity index (χ1) is 14.3. The summed E-state index contributed by atoms with van der Waals surface area (Å²) in [6, 6.07) is 3.03. The monoisotopic (exact) mass is 406 g/mol. The Kier molecular flexibility index (Phi) is 23.3. The van der Waals surface area contributed by atoms with E-state index < -0.39 is 0 Å². The van der Waals surface area contributed by atoms with E-state index in [0.29, 0.717) is 6.04 Å². The van der Waals surface area contributed by atoms with Crippen LogP contribution in [-0.2, 0) is 0 Å². The molecule has 2 nitrogen and oxygen atoms in total. The smallest absolute Gasteiger partial charge is 0.0952 e. The lowest BCUT2D eigenvalue weighted by molar-refractivity contribution is 0.388. The number of nitriles is 1. The Morgan fingerprint density at radius 3 is 1.21 bits per heavy atom. The molecule has 0 heterocycles. The minimum Gasteiger partial charge on any atom is -0.299 e. The van der Waals surface area contributed by atoms with Crippen LogP contribution in [0.3, 0.4) is 0 Å². The fourth-order valence-electron chi connectivity index (χ4n) is 4.24. The molecule has 1 N–H and O–H groups in total. The van der Waals surface area contributed by atoms with Gasteiger partial charge in [-0.2, -0.15) is 5.26 Å². The summed E-state index contributed by atoms with van der Waals surface area (Å²) in [6.45, 7) is 6.69. The van der Waals surface area contributed by atoms with Gasteiger partial charge in [-0.25, -0.2) is 0 Å². The number of nitrogens with one attached hydrogen (secondary N) is 1. The summed E-state index contributed by atoms with van der Waals surface area (Å²) >= 11 is 0. The second kappa shape index (κ2) is 23.7. The third-order valence-electron chi connectivity index (χ3n) is 6.31. The summed E-state index contributed by atoms with van der Waals surface area (Å²) in [5.41, 5.74) is 0. The van der Waals surface area contributed by atoms with Gasteiger partial charge < -0.3 is 0 Å². The second-order valence-electron chi connectivity index (χ2n) is 9.19. The zero-order chi connectivity index (χ0) is 21.4. The SMILES string of the molecule is CCCCCCCCCCCCC(CCCCCCCCCC)NC(C#N)CC. The summed E-state index contributed by atoms with van der Waals surface area (Å²) in [4.78, 5) is 0. The van der Waals surface area contributed by atoms with E-state index in [9.17, 15) is 5.26 Å². The molecule has 0 aliphatic carbocycles. The molecule has 29 heavy (non-hydrogen) atoms. The van der Waals surface area contributed by atoms with Crippen molar-refractivity contribution in [2.45, 2.75) is 168 Å². The molecule has 0 fully saturated rings. The van der Waals surface area contributed by atoms with Crippen LogP contribution >= 0.6 is 0 Å². The fourth-order valence-corrected chi connectivity index (χ4v) is 4.24. The van der Waals surface area contributed by atoms with E-state index in [-0.39, 0.29) is 6.04 Å². The van der Waals surface area contributed by atoms with Crippen LogP contribution in [0.4, 0.5) is 0 Å². The van der Waals surface area contributed by atoms with Crippen molar-refractivity contribution < 1.29 is 0 Å². The molecule has 0 aromatic rings.